The molecular weight excluding hydrogens is 326 g/mol. The number of nitrogens with zero attached hydrogens (tertiary/aromatic N) is 3. The van der Waals surface area contributed by atoms with Gasteiger partial charge in [-0.25, -0.2) is 9.97 Å². The standard InChI is InChI=1S/C21H29N3O2/c25-20(12-21-9-15-6-16(10-21)8-17(7-15)11-21)24-5-1-2-18(13-24)26-19-3-4-22-14-23-19/h3-4,14-18H,1-2,5-13H2. The lowest BCUT2D eigenvalue weighted by Gasteiger charge is -2.57. The Morgan fingerprint density at radius 1 is 1.19 bits per heavy atom. The van der Waals surface area contributed by atoms with E-state index in [1.807, 2.05) is 0 Å². The predicted molar refractivity (Wildman–Crippen MR) is 97.5 cm³/mol. The lowest BCUT2D eigenvalue weighted by molar-refractivity contribution is -0.142. The molecule has 0 aromatic carbocycles. The Balaban J connectivity index is 1.22. The highest BCUT2D eigenvalue weighted by atomic mass is 16.5. The van der Waals surface area contributed by atoms with E-state index < -0.39 is 0 Å². The fourth-order valence-corrected chi connectivity index (χ4v) is 6.72. The lowest BCUT2D eigenvalue weighted by atomic mass is 9.49. The molecule has 5 nitrogen and oxygen atoms in total. The molecular formula is C21H29N3O2. The summed E-state index contributed by atoms with van der Waals surface area (Å²) in [5.41, 5.74) is 0.326. The number of hydrogen-bond donors (Lipinski definition) is 0. The Morgan fingerprint density at radius 2 is 1.92 bits per heavy atom. The van der Waals surface area contributed by atoms with Crippen LogP contribution in [0.5, 0.6) is 5.88 Å². The number of carbonyl (C=O) groups excluding carboxylic acids is 1. The van der Waals surface area contributed by atoms with Gasteiger partial charge in [0.25, 0.3) is 0 Å². The number of hydrogen-bond acceptors (Lipinski definition) is 4. The molecule has 0 spiro atoms. The zero-order valence-electron chi connectivity index (χ0n) is 15.5. The molecule has 1 amide bonds. The van der Waals surface area contributed by atoms with Gasteiger partial charge in [-0.15, -0.1) is 0 Å². The van der Waals surface area contributed by atoms with Gasteiger partial charge < -0.3 is 9.64 Å². The second-order valence-electron chi connectivity index (χ2n) is 9.36. The Bertz CT molecular complexity index is 627. The highest BCUT2D eigenvalue weighted by molar-refractivity contribution is 5.77. The molecule has 1 saturated heterocycles. The van der Waals surface area contributed by atoms with Crippen LogP contribution in [-0.4, -0.2) is 40.0 Å². The van der Waals surface area contributed by atoms with Crippen molar-refractivity contribution in [3.05, 3.63) is 18.6 Å². The van der Waals surface area contributed by atoms with E-state index >= 15 is 0 Å². The summed E-state index contributed by atoms with van der Waals surface area (Å²) in [4.78, 5) is 23.3. The Kier molecular flexibility index (Phi) is 4.13. The summed E-state index contributed by atoms with van der Waals surface area (Å²) >= 11 is 0. The third-order valence-electron chi connectivity index (χ3n) is 7.26. The maximum absolute atomic E-state index is 13.1. The molecule has 26 heavy (non-hydrogen) atoms. The Morgan fingerprint density at radius 3 is 2.58 bits per heavy atom. The van der Waals surface area contributed by atoms with Crippen molar-refractivity contribution >= 4 is 5.91 Å². The van der Waals surface area contributed by atoms with E-state index in [1.54, 1.807) is 12.3 Å². The summed E-state index contributed by atoms with van der Waals surface area (Å²) in [5, 5.41) is 0. The number of piperidine rings is 1. The molecule has 4 aliphatic carbocycles. The van der Waals surface area contributed by atoms with Gasteiger partial charge in [-0.2, -0.15) is 0 Å². The molecule has 1 aliphatic heterocycles. The number of rotatable bonds is 4. The minimum atomic E-state index is 0.0546. The minimum absolute atomic E-state index is 0.0546. The highest BCUT2D eigenvalue weighted by Crippen LogP contribution is 2.61. The number of ether oxygens (including phenoxy) is 1. The van der Waals surface area contributed by atoms with E-state index in [0.29, 0.717) is 23.7 Å². The molecule has 0 radical (unpaired) electrons. The van der Waals surface area contributed by atoms with Gasteiger partial charge >= 0.3 is 0 Å². The maximum Gasteiger partial charge on any atom is 0.223 e. The fraction of sp³-hybridized carbons (Fsp3) is 0.762. The van der Waals surface area contributed by atoms with Crippen LogP contribution >= 0.6 is 0 Å². The molecule has 140 valence electrons. The molecule has 6 rings (SSSR count). The third-order valence-corrected chi connectivity index (χ3v) is 7.26. The number of carbonyl (C=O) groups is 1. The van der Waals surface area contributed by atoms with Gasteiger partial charge in [-0.05, 0) is 74.5 Å². The average molecular weight is 355 g/mol. The van der Waals surface area contributed by atoms with Crippen molar-refractivity contribution < 1.29 is 9.53 Å². The van der Waals surface area contributed by atoms with E-state index in [0.717, 1.165) is 43.6 Å². The molecule has 4 saturated carbocycles. The summed E-state index contributed by atoms with van der Waals surface area (Å²) in [7, 11) is 0. The van der Waals surface area contributed by atoms with Crippen molar-refractivity contribution in [2.24, 2.45) is 23.2 Å². The van der Waals surface area contributed by atoms with Crippen molar-refractivity contribution in [1.29, 1.82) is 0 Å². The van der Waals surface area contributed by atoms with Gasteiger partial charge in [-0.3, -0.25) is 4.79 Å². The summed E-state index contributed by atoms with van der Waals surface area (Å²) < 4.78 is 5.98. The van der Waals surface area contributed by atoms with Gasteiger partial charge in [0, 0.05) is 25.2 Å². The summed E-state index contributed by atoms with van der Waals surface area (Å²) in [5.74, 6) is 3.70. The first-order valence-electron chi connectivity index (χ1n) is 10.4. The number of aromatic nitrogens is 2. The van der Waals surface area contributed by atoms with E-state index in [-0.39, 0.29) is 6.10 Å². The summed E-state index contributed by atoms with van der Waals surface area (Å²) in [6, 6.07) is 1.79. The van der Waals surface area contributed by atoms with E-state index in [4.69, 9.17) is 4.74 Å². The lowest BCUT2D eigenvalue weighted by Crippen LogP contribution is -2.50. The van der Waals surface area contributed by atoms with E-state index in [9.17, 15) is 4.79 Å². The average Bonchev–Trinajstić information content (AvgIpc) is 2.61. The molecule has 1 aromatic rings. The molecule has 5 aliphatic rings. The van der Waals surface area contributed by atoms with E-state index in [2.05, 4.69) is 14.9 Å². The first kappa shape index (κ1) is 16.5. The van der Waals surface area contributed by atoms with Crippen LogP contribution in [0, 0.1) is 23.2 Å². The Hall–Kier alpha value is -1.65. The predicted octanol–water partition coefficient (Wildman–Crippen LogP) is 3.45. The van der Waals surface area contributed by atoms with Crippen molar-refractivity contribution in [3.63, 3.8) is 0 Å². The van der Waals surface area contributed by atoms with Gasteiger partial charge in [0.1, 0.15) is 12.4 Å². The van der Waals surface area contributed by atoms with Crippen molar-refractivity contribution in [2.45, 2.75) is 63.9 Å². The number of likely N-dealkylation sites (tertiary alicyclic amines) is 1. The van der Waals surface area contributed by atoms with Crippen LogP contribution in [0.3, 0.4) is 0 Å². The van der Waals surface area contributed by atoms with Crippen molar-refractivity contribution in [3.8, 4) is 5.88 Å². The molecule has 2 heterocycles. The van der Waals surface area contributed by atoms with Crippen molar-refractivity contribution in [1.82, 2.24) is 14.9 Å². The topological polar surface area (TPSA) is 55.3 Å². The number of amides is 1. The summed E-state index contributed by atoms with van der Waals surface area (Å²) in [6.07, 6.45) is 14.3. The molecule has 5 heteroatoms. The zero-order chi connectivity index (χ0) is 17.6. The molecule has 4 bridgehead atoms. The SMILES string of the molecule is O=C(CC12CC3CC(CC(C3)C1)C2)N1CCCC(Oc2ccncn2)C1. The largest absolute Gasteiger partial charge is 0.472 e. The van der Waals surface area contributed by atoms with Crippen LogP contribution in [0.1, 0.15) is 57.8 Å². The van der Waals surface area contributed by atoms with Gasteiger partial charge in [0.2, 0.25) is 11.8 Å². The molecule has 1 unspecified atom stereocenters. The van der Waals surface area contributed by atoms with Crippen LogP contribution in [0.15, 0.2) is 18.6 Å². The van der Waals surface area contributed by atoms with Crippen molar-refractivity contribution in [2.75, 3.05) is 13.1 Å². The van der Waals surface area contributed by atoms with Gasteiger partial charge in [0.05, 0.1) is 6.54 Å². The smallest absolute Gasteiger partial charge is 0.223 e. The monoisotopic (exact) mass is 355 g/mol. The van der Waals surface area contributed by atoms with Gasteiger partial charge in [-0.1, -0.05) is 0 Å². The summed E-state index contributed by atoms with van der Waals surface area (Å²) in [6.45, 7) is 1.59. The highest BCUT2D eigenvalue weighted by Gasteiger charge is 2.51. The third kappa shape index (κ3) is 3.21. The first-order valence-corrected chi connectivity index (χ1v) is 10.4. The van der Waals surface area contributed by atoms with E-state index in [1.165, 1.54) is 44.9 Å². The van der Waals surface area contributed by atoms with Crippen LogP contribution in [0.4, 0.5) is 0 Å². The van der Waals surface area contributed by atoms with Crippen LogP contribution in [0.25, 0.3) is 0 Å². The normalized spacial score (nSPS) is 38.4. The molecule has 0 N–H and O–H groups in total. The van der Waals surface area contributed by atoms with Crippen LogP contribution in [-0.2, 0) is 4.79 Å². The minimum Gasteiger partial charge on any atom is -0.472 e. The molecule has 5 fully saturated rings. The fourth-order valence-electron chi connectivity index (χ4n) is 6.72. The van der Waals surface area contributed by atoms with Gasteiger partial charge in [0.15, 0.2) is 0 Å². The van der Waals surface area contributed by atoms with Crippen LogP contribution in [0.2, 0.25) is 0 Å². The molecule has 1 aromatic heterocycles. The first-order chi connectivity index (χ1) is 12.7. The maximum atomic E-state index is 13.1. The quantitative estimate of drug-likeness (QED) is 0.830. The van der Waals surface area contributed by atoms with Crippen LogP contribution < -0.4 is 4.74 Å². The second-order valence-corrected chi connectivity index (χ2v) is 9.36. The Labute approximate surface area is 155 Å². The molecule has 1 atom stereocenters. The zero-order valence-corrected chi connectivity index (χ0v) is 15.5. The second kappa shape index (κ2) is 6.50.